The molecule has 1 aliphatic carbocycles. The number of hydrogen-bond donors (Lipinski definition) is 1. The van der Waals surface area contributed by atoms with Crippen LogP contribution in [-0.4, -0.2) is 0 Å². The summed E-state index contributed by atoms with van der Waals surface area (Å²) in [7, 11) is 0. The van der Waals surface area contributed by atoms with Crippen molar-refractivity contribution >= 4 is 0 Å². The molecule has 1 rings (SSSR count). The third kappa shape index (κ3) is 2.11. The van der Waals surface area contributed by atoms with Gasteiger partial charge in [-0.05, 0) is 18.6 Å². The average Bonchev–Trinajstić information content (AvgIpc) is 2.13. The van der Waals surface area contributed by atoms with Crippen LogP contribution in [0.3, 0.4) is 0 Å². The Morgan fingerprint density at radius 1 is 1.45 bits per heavy atom. The first kappa shape index (κ1) is 7.86. The van der Waals surface area contributed by atoms with Gasteiger partial charge in [-0.1, -0.05) is 30.4 Å². The summed E-state index contributed by atoms with van der Waals surface area (Å²) in [5.74, 6) is 0. The molecule has 0 aromatic rings. The molecular weight excluding hydrogens is 134 g/mol. The second-order valence-corrected chi connectivity index (χ2v) is 2.78. The molecule has 0 bridgehead atoms. The van der Waals surface area contributed by atoms with Crippen LogP contribution in [0.5, 0.6) is 0 Å². The van der Waals surface area contributed by atoms with Crippen molar-refractivity contribution in [1.82, 2.24) is 0 Å². The topological polar surface area (TPSA) is 26.0 Å². The number of hydrogen-bond acceptors (Lipinski definition) is 1. The Kier molecular flexibility index (Phi) is 2.32. The summed E-state index contributed by atoms with van der Waals surface area (Å²) in [6.07, 6.45) is 8.74. The Morgan fingerprint density at radius 2 is 2.09 bits per heavy atom. The van der Waals surface area contributed by atoms with Gasteiger partial charge < -0.3 is 5.73 Å². The highest BCUT2D eigenvalue weighted by Gasteiger charge is 2.00. The minimum atomic E-state index is 0.822. The van der Waals surface area contributed by atoms with Gasteiger partial charge in [0.05, 0.1) is 0 Å². The maximum absolute atomic E-state index is 5.69. The molecular formula is C10H13N. The molecule has 0 fully saturated rings. The van der Waals surface area contributed by atoms with E-state index in [-0.39, 0.29) is 0 Å². The van der Waals surface area contributed by atoms with Gasteiger partial charge in [-0.2, -0.15) is 0 Å². The molecule has 0 heterocycles. The van der Waals surface area contributed by atoms with Gasteiger partial charge in [-0.3, -0.25) is 0 Å². The van der Waals surface area contributed by atoms with E-state index in [0.717, 1.165) is 17.7 Å². The number of rotatable bonds is 1. The van der Waals surface area contributed by atoms with Gasteiger partial charge >= 0.3 is 0 Å². The van der Waals surface area contributed by atoms with E-state index in [0.29, 0.717) is 0 Å². The molecule has 2 N–H and O–H groups in total. The van der Waals surface area contributed by atoms with Crippen molar-refractivity contribution in [2.24, 2.45) is 5.73 Å². The Morgan fingerprint density at radius 3 is 2.73 bits per heavy atom. The summed E-state index contributed by atoms with van der Waals surface area (Å²) in [6.45, 7) is 5.87. The molecule has 0 saturated carbocycles. The lowest BCUT2D eigenvalue weighted by Crippen LogP contribution is -1.97. The molecule has 0 spiro atoms. The van der Waals surface area contributed by atoms with Crippen LogP contribution < -0.4 is 5.73 Å². The lowest BCUT2D eigenvalue weighted by molar-refractivity contribution is 1.09. The zero-order valence-electron chi connectivity index (χ0n) is 6.80. The lowest BCUT2D eigenvalue weighted by atomic mass is 10.0. The van der Waals surface area contributed by atoms with Crippen LogP contribution in [0.1, 0.15) is 13.3 Å². The number of allylic oxidation sites excluding steroid dienone is 6. The minimum absolute atomic E-state index is 0.822. The molecule has 1 aliphatic rings. The zero-order valence-corrected chi connectivity index (χ0v) is 6.80. The molecule has 0 aromatic heterocycles. The quantitative estimate of drug-likeness (QED) is 0.605. The van der Waals surface area contributed by atoms with Gasteiger partial charge in [0.25, 0.3) is 0 Å². The van der Waals surface area contributed by atoms with E-state index in [9.17, 15) is 0 Å². The second kappa shape index (κ2) is 3.24. The maximum Gasteiger partial charge on any atom is 0.0125 e. The molecule has 1 nitrogen and oxygen atoms in total. The largest absolute Gasteiger partial charge is 0.402 e. The van der Waals surface area contributed by atoms with Crippen LogP contribution in [-0.2, 0) is 0 Å². The highest BCUT2D eigenvalue weighted by molar-refractivity contribution is 5.37. The summed E-state index contributed by atoms with van der Waals surface area (Å²) < 4.78 is 0. The van der Waals surface area contributed by atoms with Crippen LogP contribution in [0.2, 0.25) is 0 Å². The van der Waals surface area contributed by atoms with Crippen molar-refractivity contribution in [3.63, 3.8) is 0 Å². The van der Waals surface area contributed by atoms with E-state index in [4.69, 9.17) is 5.73 Å². The molecule has 0 aliphatic heterocycles. The van der Waals surface area contributed by atoms with Crippen LogP contribution in [0.15, 0.2) is 47.7 Å². The van der Waals surface area contributed by atoms with Gasteiger partial charge in [0, 0.05) is 12.1 Å². The fraction of sp³-hybridized carbons (Fsp3) is 0.200. The van der Waals surface area contributed by atoms with Crippen molar-refractivity contribution in [3.05, 3.63) is 47.7 Å². The van der Waals surface area contributed by atoms with Crippen molar-refractivity contribution in [2.75, 3.05) is 0 Å². The first-order valence-corrected chi connectivity index (χ1v) is 3.68. The van der Waals surface area contributed by atoms with Crippen LogP contribution in [0.25, 0.3) is 0 Å². The minimum Gasteiger partial charge on any atom is -0.402 e. The smallest absolute Gasteiger partial charge is 0.0125 e. The average molecular weight is 147 g/mol. The summed E-state index contributed by atoms with van der Waals surface area (Å²) in [4.78, 5) is 0. The normalized spacial score (nSPS) is 16.8. The molecule has 0 saturated heterocycles. The SMILES string of the molecule is C=C(C)C1=CC=CC=C(N)C1. The zero-order chi connectivity index (χ0) is 8.27. The lowest BCUT2D eigenvalue weighted by Gasteiger charge is -2.03. The van der Waals surface area contributed by atoms with E-state index >= 15 is 0 Å². The van der Waals surface area contributed by atoms with Crippen molar-refractivity contribution < 1.29 is 0 Å². The predicted octanol–water partition coefficient (Wildman–Crippen LogP) is 2.29. The second-order valence-electron chi connectivity index (χ2n) is 2.78. The number of nitrogens with two attached hydrogens (primary N) is 1. The van der Waals surface area contributed by atoms with Crippen molar-refractivity contribution in [2.45, 2.75) is 13.3 Å². The molecule has 0 amide bonds. The van der Waals surface area contributed by atoms with E-state index in [2.05, 4.69) is 12.7 Å². The van der Waals surface area contributed by atoms with E-state index in [1.165, 1.54) is 5.57 Å². The first-order chi connectivity index (χ1) is 5.20. The van der Waals surface area contributed by atoms with Crippen molar-refractivity contribution in [1.29, 1.82) is 0 Å². The van der Waals surface area contributed by atoms with E-state index in [1.807, 2.05) is 25.2 Å². The molecule has 1 heteroatoms. The van der Waals surface area contributed by atoms with Crippen LogP contribution in [0.4, 0.5) is 0 Å². The highest BCUT2D eigenvalue weighted by atomic mass is 14.6. The van der Waals surface area contributed by atoms with Crippen LogP contribution >= 0.6 is 0 Å². The van der Waals surface area contributed by atoms with Gasteiger partial charge in [0.15, 0.2) is 0 Å². The van der Waals surface area contributed by atoms with E-state index < -0.39 is 0 Å². The Hall–Kier alpha value is -1.24. The maximum atomic E-state index is 5.69. The Bertz CT molecular complexity index is 254. The first-order valence-electron chi connectivity index (χ1n) is 3.68. The summed E-state index contributed by atoms with van der Waals surface area (Å²) in [5, 5.41) is 0. The van der Waals surface area contributed by atoms with E-state index in [1.54, 1.807) is 0 Å². The molecule has 0 aromatic carbocycles. The van der Waals surface area contributed by atoms with Gasteiger partial charge in [-0.15, -0.1) is 0 Å². The fourth-order valence-electron chi connectivity index (χ4n) is 0.982. The van der Waals surface area contributed by atoms with Crippen LogP contribution in [0, 0.1) is 0 Å². The Labute approximate surface area is 67.6 Å². The monoisotopic (exact) mass is 147 g/mol. The van der Waals surface area contributed by atoms with Gasteiger partial charge in [0.1, 0.15) is 0 Å². The molecule has 11 heavy (non-hydrogen) atoms. The summed E-state index contributed by atoms with van der Waals surface area (Å²) >= 11 is 0. The summed E-state index contributed by atoms with van der Waals surface area (Å²) in [5.41, 5.74) is 8.89. The van der Waals surface area contributed by atoms with Gasteiger partial charge in [-0.25, -0.2) is 0 Å². The Balaban J connectivity index is 2.85. The van der Waals surface area contributed by atoms with Crippen molar-refractivity contribution in [3.8, 4) is 0 Å². The molecule has 58 valence electrons. The summed E-state index contributed by atoms with van der Waals surface area (Å²) in [6, 6.07) is 0. The highest BCUT2D eigenvalue weighted by Crippen LogP contribution is 2.16. The fourth-order valence-corrected chi connectivity index (χ4v) is 0.982. The standard InChI is InChI=1S/C10H13N/c1-8(2)9-5-3-4-6-10(11)7-9/h3-6H,1,7,11H2,2H3. The molecule has 0 atom stereocenters. The molecule has 0 unspecified atom stereocenters. The predicted molar refractivity (Wildman–Crippen MR) is 48.9 cm³/mol. The van der Waals surface area contributed by atoms with Gasteiger partial charge in [0.2, 0.25) is 0 Å². The molecule has 0 radical (unpaired) electrons. The third-order valence-electron chi connectivity index (χ3n) is 1.66. The third-order valence-corrected chi connectivity index (χ3v) is 1.66.